The smallest absolute Gasteiger partial charge is 0.353 e. The molecule has 13 heteroatoms. The number of benzene rings is 3. The van der Waals surface area contributed by atoms with Gasteiger partial charge in [0.15, 0.2) is 13.2 Å². The van der Waals surface area contributed by atoms with Crippen LogP contribution in [0.5, 0.6) is 23.0 Å². The second-order valence-electron chi connectivity index (χ2n) is 6.53. The number of carbonyl (C=O) groups is 2. The summed E-state index contributed by atoms with van der Waals surface area (Å²) in [5.41, 5.74) is -0.747. The van der Waals surface area contributed by atoms with Crippen molar-refractivity contribution in [2.75, 3.05) is 13.2 Å². The highest BCUT2D eigenvalue weighted by molar-refractivity contribution is 6.36. The number of nitro benzene ring substituents is 1. The number of rotatable bonds is 9. The lowest BCUT2D eigenvalue weighted by atomic mass is 10.2. The third-order valence-electron chi connectivity index (χ3n) is 4.07. The van der Waals surface area contributed by atoms with Crippen LogP contribution in [0.4, 0.5) is 5.69 Å². The number of hydrogen-bond donors (Lipinski definition) is 0. The van der Waals surface area contributed by atoms with Crippen LogP contribution in [-0.2, 0) is 9.59 Å². The lowest BCUT2D eigenvalue weighted by Gasteiger charge is -2.11. The van der Waals surface area contributed by atoms with Crippen LogP contribution in [0.3, 0.4) is 0 Å². The summed E-state index contributed by atoms with van der Waals surface area (Å²) < 4.78 is 20.6. The Morgan fingerprint density at radius 1 is 0.714 bits per heavy atom. The summed E-state index contributed by atoms with van der Waals surface area (Å²) >= 11 is 23.5. The van der Waals surface area contributed by atoms with Crippen molar-refractivity contribution in [3.8, 4) is 23.0 Å². The molecular formula is C22H13Cl4NO8. The van der Waals surface area contributed by atoms with Gasteiger partial charge in [0.2, 0.25) is 11.5 Å². The number of nitrogens with zero attached hydrogens (tertiary/aromatic N) is 1. The Balaban J connectivity index is 1.66. The third kappa shape index (κ3) is 7.37. The van der Waals surface area contributed by atoms with Gasteiger partial charge in [0.25, 0.3) is 0 Å². The van der Waals surface area contributed by atoms with Crippen molar-refractivity contribution in [2.24, 2.45) is 0 Å². The Morgan fingerprint density at radius 3 is 1.51 bits per heavy atom. The van der Waals surface area contributed by atoms with Crippen LogP contribution in [0.15, 0.2) is 54.6 Å². The maximum Gasteiger partial charge on any atom is 0.353 e. The number of nitro groups is 1. The number of hydrogen-bond acceptors (Lipinski definition) is 8. The zero-order valence-electron chi connectivity index (χ0n) is 17.3. The van der Waals surface area contributed by atoms with Crippen LogP contribution in [0.25, 0.3) is 0 Å². The first kappa shape index (κ1) is 26.4. The molecule has 0 radical (unpaired) electrons. The second kappa shape index (κ2) is 11.9. The Kier molecular flexibility index (Phi) is 9.00. The van der Waals surface area contributed by atoms with E-state index in [0.717, 1.165) is 12.1 Å². The van der Waals surface area contributed by atoms with E-state index in [1.165, 1.54) is 42.5 Å². The maximum atomic E-state index is 12.2. The minimum Gasteiger partial charge on any atom is -0.480 e. The van der Waals surface area contributed by atoms with Crippen LogP contribution >= 0.6 is 46.4 Å². The van der Waals surface area contributed by atoms with Crippen molar-refractivity contribution in [1.29, 1.82) is 0 Å². The topological polar surface area (TPSA) is 114 Å². The standard InChI is InChI=1S/C22H13Cl4NO8/c23-12-4-6-16(14(25)8-12)32-10-20(28)34-18-2-1-3-19(22(18)27(30)31)35-21(29)11-33-17-7-5-13(24)9-15(17)26/h1-9H,10-11H2. The van der Waals surface area contributed by atoms with Crippen LogP contribution < -0.4 is 18.9 Å². The molecule has 0 N–H and O–H groups in total. The van der Waals surface area contributed by atoms with E-state index >= 15 is 0 Å². The molecule has 0 unspecified atom stereocenters. The quantitative estimate of drug-likeness (QED) is 0.132. The van der Waals surface area contributed by atoms with Gasteiger partial charge in [0.05, 0.1) is 15.0 Å². The van der Waals surface area contributed by atoms with Crippen LogP contribution in [0.2, 0.25) is 20.1 Å². The molecule has 3 aromatic rings. The molecule has 9 nitrogen and oxygen atoms in total. The van der Waals surface area contributed by atoms with Gasteiger partial charge in [-0.25, -0.2) is 9.59 Å². The molecule has 3 aromatic carbocycles. The molecule has 0 aliphatic rings. The first-order chi connectivity index (χ1) is 16.6. The molecule has 0 spiro atoms. The summed E-state index contributed by atoms with van der Waals surface area (Å²) in [5.74, 6) is -2.54. The molecule has 0 atom stereocenters. The van der Waals surface area contributed by atoms with E-state index < -0.39 is 47.3 Å². The number of ether oxygens (including phenoxy) is 4. The average molecular weight is 561 g/mol. The number of carbonyl (C=O) groups excluding carboxylic acids is 2. The Bertz CT molecular complexity index is 1200. The van der Waals surface area contributed by atoms with Crippen molar-refractivity contribution in [3.63, 3.8) is 0 Å². The van der Waals surface area contributed by atoms with E-state index in [1.54, 1.807) is 0 Å². The van der Waals surface area contributed by atoms with Crippen molar-refractivity contribution >= 4 is 64.0 Å². The van der Waals surface area contributed by atoms with Crippen molar-refractivity contribution in [2.45, 2.75) is 0 Å². The van der Waals surface area contributed by atoms with Crippen LogP contribution in [0.1, 0.15) is 0 Å². The van der Waals surface area contributed by atoms with E-state index in [4.69, 9.17) is 65.4 Å². The van der Waals surface area contributed by atoms with Gasteiger partial charge in [-0.1, -0.05) is 52.5 Å². The van der Waals surface area contributed by atoms with Gasteiger partial charge in [0.1, 0.15) is 11.5 Å². The van der Waals surface area contributed by atoms with Gasteiger partial charge in [-0.15, -0.1) is 0 Å². The van der Waals surface area contributed by atoms with Crippen LogP contribution in [0, 0.1) is 10.1 Å². The lowest BCUT2D eigenvalue weighted by molar-refractivity contribution is -0.386. The summed E-state index contributed by atoms with van der Waals surface area (Å²) in [4.78, 5) is 35.2. The SMILES string of the molecule is O=C(COc1ccc(Cl)cc1Cl)Oc1cccc(OC(=O)COc2ccc(Cl)cc2Cl)c1[N+](=O)[O-]. The highest BCUT2D eigenvalue weighted by atomic mass is 35.5. The minimum absolute atomic E-state index is 0.158. The summed E-state index contributed by atoms with van der Waals surface area (Å²) in [6.07, 6.45) is 0. The molecule has 0 aromatic heterocycles. The number of para-hydroxylation sites is 1. The highest BCUT2D eigenvalue weighted by Gasteiger charge is 2.26. The highest BCUT2D eigenvalue weighted by Crippen LogP contribution is 2.37. The Morgan fingerprint density at radius 2 is 1.14 bits per heavy atom. The molecule has 182 valence electrons. The second-order valence-corrected chi connectivity index (χ2v) is 8.22. The zero-order valence-corrected chi connectivity index (χ0v) is 20.4. The van der Waals surface area contributed by atoms with E-state index in [-0.39, 0.29) is 21.5 Å². The molecule has 0 bridgehead atoms. The fraction of sp³-hybridized carbons (Fsp3) is 0.0909. The summed E-state index contributed by atoms with van der Waals surface area (Å²) in [6, 6.07) is 12.3. The van der Waals surface area contributed by atoms with Crippen LogP contribution in [-0.4, -0.2) is 30.1 Å². The molecule has 0 fully saturated rings. The minimum atomic E-state index is -0.969. The first-order valence-corrected chi connectivity index (χ1v) is 11.0. The normalized spacial score (nSPS) is 10.4. The average Bonchev–Trinajstić information content (AvgIpc) is 2.78. The predicted molar refractivity (Wildman–Crippen MR) is 128 cm³/mol. The molecular weight excluding hydrogens is 548 g/mol. The number of esters is 2. The molecule has 0 amide bonds. The van der Waals surface area contributed by atoms with E-state index in [0.29, 0.717) is 10.0 Å². The largest absolute Gasteiger partial charge is 0.480 e. The summed E-state index contributed by atoms with van der Waals surface area (Å²) in [7, 11) is 0. The summed E-state index contributed by atoms with van der Waals surface area (Å²) in [6.45, 7) is -1.23. The van der Waals surface area contributed by atoms with Gasteiger partial charge in [-0.2, -0.15) is 0 Å². The maximum absolute atomic E-state index is 12.2. The molecule has 0 saturated carbocycles. The van der Waals surface area contributed by atoms with Crippen molar-refractivity contribution in [1.82, 2.24) is 0 Å². The first-order valence-electron chi connectivity index (χ1n) is 9.48. The molecule has 0 aliphatic heterocycles. The van der Waals surface area contributed by atoms with Crippen molar-refractivity contribution < 1.29 is 33.5 Å². The molecule has 35 heavy (non-hydrogen) atoms. The lowest BCUT2D eigenvalue weighted by Crippen LogP contribution is -2.20. The predicted octanol–water partition coefficient (Wildman–Crippen LogP) is 6.18. The molecule has 0 heterocycles. The van der Waals surface area contributed by atoms with Gasteiger partial charge < -0.3 is 18.9 Å². The van der Waals surface area contributed by atoms with Crippen molar-refractivity contribution in [3.05, 3.63) is 84.8 Å². The van der Waals surface area contributed by atoms with Gasteiger partial charge in [-0.3, -0.25) is 10.1 Å². The van der Waals surface area contributed by atoms with Gasteiger partial charge in [-0.05, 0) is 48.5 Å². The molecule has 0 aliphatic carbocycles. The number of halogens is 4. The van der Waals surface area contributed by atoms with E-state index in [1.807, 2.05) is 0 Å². The molecule has 0 saturated heterocycles. The van der Waals surface area contributed by atoms with E-state index in [9.17, 15) is 19.7 Å². The third-order valence-corrected chi connectivity index (χ3v) is 5.13. The Hall–Kier alpha value is -3.24. The Labute approximate surface area is 218 Å². The fourth-order valence-corrected chi connectivity index (χ4v) is 3.54. The zero-order chi connectivity index (χ0) is 25.5. The van der Waals surface area contributed by atoms with E-state index in [2.05, 4.69) is 0 Å². The fourth-order valence-electron chi connectivity index (χ4n) is 2.61. The van der Waals surface area contributed by atoms with Gasteiger partial charge >= 0.3 is 17.6 Å². The van der Waals surface area contributed by atoms with Gasteiger partial charge in [0, 0.05) is 10.0 Å². The monoisotopic (exact) mass is 559 g/mol. The molecule has 3 rings (SSSR count). The summed E-state index contributed by atoms with van der Waals surface area (Å²) in [5, 5.41) is 12.7.